The van der Waals surface area contributed by atoms with Crippen LogP contribution in [0.1, 0.15) is 11.1 Å². The molecule has 2 aromatic rings. The van der Waals surface area contributed by atoms with Gasteiger partial charge in [0.1, 0.15) is 11.5 Å². The normalized spacial score (nSPS) is 11.3. The molecule has 0 unspecified atom stereocenters. The van der Waals surface area contributed by atoms with Crippen LogP contribution in [0.5, 0.6) is 11.5 Å². The molecule has 22 heavy (non-hydrogen) atoms. The number of hydrogen-bond acceptors (Lipinski definition) is 4. The minimum atomic E-state index is 0.240. The summed E-state index contributed by atoms with van der Waals surface area (Å²) < 4.78 is 5.18. The Balaban J connectivity index is 1.99. The van der Waals surface area contributed by atoms with E-state index in [0.717, 1.165) is 23.8 Å². The second kappa shape index (κ2) is 7.70. The quantitative estimate of drug-likeness (QED) is 0.657. The van der Waals surface area contributed by atoms with Crippen LogP contribution >= 0.6 is 11.3 Å². The number of hydrogen-bond donors (Lipinski definition) is 2. The van der Waals surface area contributed by atoms with Gasteiger partial charge in [0.2, 0.25) is 0 Å². The van der Waals surface area contributed by atoms with Crippen LogP contribution < -0.4 is 10.1 Å². The lowest BCUT2D eigenvalue weighted by Crippen LogP contribution is -2.37. The summed E-state index contributed by atoms with van der Waals surface area (Å²) in [4.78, 5) is 6.32. The maximum Gasteiger partial charge on any atom is 0.193 e. The number of nitrogens with one attached hydrogen (secondary N) is 1. The SMILES string of the molecule is CN=C(NCc1cc(OC)ccc1O)N(C)Cc1ccsc1. The zero-order chi connectivity index (χ0) is 15.9. The van der Waals surface area contributed by atoms with E-state index in [2.05, 4.69) is 27.1 Å². The van der Waals surface area contributed by atoms with Gasteiger partial charge in [-0.2, -0.15) is 11.3 Å². The largest absolute Gasteiger partial charge is 0.508 e. The van der Waals surface area contributed by atoms with E-state index in [9.17, 15) is 5.11 Å². The number of aromatic hydroxyl groups is 1. The first-order valence-electron chi connectivity index (χ1n) is 6.92. The Hall–Kier alpha value is -2.21. The molecule has 5 nitrogen and oxygen atoms in total. The molecule has 1 aromatic heterocycles. The Labute approximate surface area is 134 Å². The molecule has 0 saturated carbocycles. The molecule has 0 bridgehead atoms. The van der Waals surface area contributed by atoms with Crippen LogP contribution in [-0.2, 0) is 13.1 Å². The minimum Gasteiger partial charge on any atom is -0.508 e. The molecule has 0 amide bonds. The van der Waals surface area contributed by atoms with Gasteiger partial charge in [-0.25, -0.2) is 0 Å². The van der Waals surface area contributed by atoms with Crippen molar-refractivity contribution in [1.29, 1.82) is 0 Å². The van der Waals surface area contributed by atoms with E-state index in [1.54, 1.807) is 37.6 Å². The molecule has 0 radical (unpaired) electrons. The lowest BCUT2D eigenvalue weighted by atomic mass is 10.2. The van der Waals surface area contributed by atoms with Crippen molar-refractivity contribution in [2.75, 3.05) is 21.2 Å². The van der Waals surface area contributed by atoms with Crippen molar-refractivity contribution >= 4 is 17.3 Å². The smallest absolute Gasteiger partial charge is 0.193 e. The number of nitrogens with zero attached hydrogens (tertiary/aromatic N) is 2. The zero-order valence-corrected chi connectivity index (χ0v) is 13.9. The van der Waals surface area contributed by atoms with Gasteiger partial charge in [-0.15, -0.1) is 0 Å². The van der Waals surface area contributed by atoms with E-state index >= 15 is 0 Å². The van der Waals surface area contributed by atoms with Crippen LogP contribution in [0.3, 0.4) is 0 Å². The van der Waals surface area contributed by atoms with Gasteiger partial charge in [-0.3, -0.25) is 4.99 Å². The second-order valence-electron chi connectivity index (χ2n) is 4.88. The first-order valence-corrected chi connectivity index (χ1v) is 7.87. The van der Waals surface area contributed by atoms with E-state index in [1.807, 2.05) is 18.0 Å². The van der Waals surface area contributed by atoms with Crippen molar-refractivity contribution in [3.05, 3.63) is 46.2 Å². The van der Waals surface area contributed by atoms with E-state index in [1.165, 1.54) is 5.56 Å². The summed E-state index contributed by atoms with van der Waals surface area (Å²) in [5.74, 6) is 1.73. The number of phenols is 1. The third-order valence-corrected chi connectivity index (χ3v) is 4.03. The molecule has 1 aromatic carbocycles. The summed E-state index contributed by atoms with van der Waals surface area (Å²) in [6, 6.07) is 7.28. The summed E-state index contributed by atoms with van der Waals surface area (Å²) in [7, 11) is 5.34. The molecule has 1 heterocycles. The lowest BCUT2D eigenvalue weighted by molar-refractivity contribution is 0.410. The third-order valence-electron chi connectivity index (χ3n) is 3.30. The molecule has 2 N–H and O–H groups in total. The third kappa shape index (κ3) is 4.14. The fraction of sp³-hybridized carbons (Fsp3) is 0.312. The predicted molar refractivity (Wildman–Crippen MR) is 90.6 cm³/mol. The average Bonchev–Trinajstić information content (AvgIpc) is 3.02. The number of benzene rings is 1. The monoisotopic (exact) mass is 319 g/mol. The fourth-order valence-electron chi connectivity index (χ4n) is 2.12. The Morgan fingerprint density at radius 3 is 2.86 bits per heavy atom. The summed E-state index contributed by atoms with van der Waals surface area (Å²) >= 11 is 1.68. The van der Waals surface area contributed by atoms with E-state index in [0.29, 0.717) is 6.54 Å². The van der Waals surface area contributed by atoms with Crippen LogP contribution in [0, 0.1) is 0 Å². The number of guanidine groups is 1. The highest BCUT2D eigenvalue weighted by atomic mass is 32.1. The van der Waals surface area contributed by atoms with Gasteiger partial charge in [0.05, 0.1) is 7.11 Å². The van der Waals surface area contributed by atoms with Crippen molar-refractivity contribution in [1.82, 2.24) is 10.2 Å². The first-order chi connectivity index (χ1) is 10.6. The van der Waals surface area contributed by atoms with Crippen LogP contribution in [0.4, 0.5) is 0 Å². The molecule has 0 spiro atoms. The Morgan fingerprint density at radius 2 is 2.23 bits per heavy atom. The molecule has 2 rings (SSSR count). The molecular weight excluding hydrogens is 298 g/mol. The van der Waals surface area contributed by atoms with Crippen molar-refractivity contribution in [2.24, 2.45) is 4.99 Å². The highest BCUT2D eigenvalue weighted by Gasteiger charge is 2.09. The van der Waals surface area contributed by atoms with E-state index in [-0.39, 0.29) is 5.75 Å². The summed E-state index contributed by atoms with van der Waals surface area (Å²) in [5.41, 5.74) is 2.02. The number of methoxy groups -OCH3 is 1. The van der Waals surface area contributed by atoms with Crippen molar-refractivity contribution in [2.45, 2.75) is 13.1 Å². The summed E-state index contributed by atoms with van der Waals surface area (Å²) in [6.07, 6.45) is 0. The Bertz CT molecular complexity index is 626. The molecule has 0 saturated heterocycles. The maximum absolute atomic E-state index is 9.91. The molecule has 0 aliphatic rings. The van der Waals surface area contributed by atoms with Crippen molar-refractivity contribution in [3.63, 3.8) is 0 Å². The highest BCUT2D eigenvalue weighted by Crippen LogP contribution is 2.22. The van der Waals surface area contributed by atoms with Gasteiger partial charge in [-0.05, 0) is 40.6 Å². The zero-order valence-electron chi connectivity index (χ0n) is 13.0. The molecule has 0 aliphatic heterocycles. The number of phenolic OH excluding ortho intramolecular Hbond substituents is 1. The van der Waals surface area contributed by atoms with Crippen LogP contribution in [0.25, 0.3) is 0 Å². The van der Waals surface area contributed by atoms with Crippen LogP contribution in [0.15, 0.2) is 40.0 Å². The van der Waals surface area contributed by atoms with Crippen LogP contribution in [-0.4, -0.2) is 37.2 Å². The van der Waals surface area contributed by atoms with Crippen LogP contribution in [0.2, 0.25) is 0 Å². The Morgan fingerprint density at radius 1 is 1.41 bits per heavy atom. The van der Waals surface area contributed by atoms with Gasteiger partial charge in [0.15, 0.2) is 5.96 Å². The first kappa shape index (κ1) is 16.2. The summed E-state index contributed by atoms with van der Waals surface area (Å²) in [5, 5.41) is 17.4. The van der Waals surface area contributed by atoms with Gasteiger partial charge >= 0.3 is 0 Å². The number of aliphatic imine (C=N–C) groups is 1. The predicted octanol–water partition coefficient (Wildman–Crippen LogP) is 2.67. The second-order valence-corrected chi connectivity index (χ2v) is 5.66. The number of ether oxygens (including phenoxy) is 1. The minimum absolute atomic E-state index is 0.240. The molecule has 0 fully saturated rings. The Kier molecular flexibility index (Phi) is 5.66. The van der Waals surface area contributed by atoms with Gasteiger partial charge < -0.3 is 20.1 Å². The lowest BCUT2D eigenvalue weighted by Gasteiger charge is -2.22. The molecule has 118 valence electrons. The van der Waals surface area contributed by atoms with E-state index < -0.39 is 0 Å². The fourth-order valence-corrected chi connectivity index (χ4v) is 2.78. The molecular formula is C16H21N3O2S. The standard InChI is InChI=1S/C16H21N3O2S/c1-17-16(19(2)10-12-6-7-22-11-12)18-9-13-8-14(21-3)4-5-15(13)20/h4-8,11,20H,9-10H2,1-3H3,(H,17,18). The van der Waals surface area contributed by atoms with Gasteiger partial charge in [-0.1, -0.05) is 0 Å². The number of rotatable bonds is 5. The topological polar surface area (TPSA) is 57.1 Å². The van der Waals surface area contributed by atoms with Gasteiger partial charge in [0.25, 0.3) is 0 Å². The van der Waals surface area contributed by atoms with Gasteiger partial charge in [0, 0.05) is 32.7 Å². The van der Waals surface area contributed by atoms with Crippen molar-refractivity contribution in [3.8, 4) is 11.5 Å². The average molecular weight is 319 g/mol. The molecule has 6 heteroatoms. The molecule has 0 atom stereocenters. The van der Waals surface area contributed by atoms with E-state index in [4.69, 9.17) is 4.74 Å². The highest BCUT2D eigenvalue weighted by molar-refractivity contribution is 7.07. The van der Waals surface area contributed by atoms with Crippen molar-refractivity contribution < 1.29 is 9.84 Å². The maximum atomic E-state index is 9.91. The number of thiophene rings is 1. The molecule has 0 aliphatic carbocycles. The summed E-state index contributed by atoms with van der Waals surface area (Å²) in [6.45, 7) is 1.26.